The Hall–Kier alpha value is -1.71. The molecule has 0 spiro atoms. The molecule has 17 heavy (non-hydrogen) atoms. The van der Waals surface area contributed by atoms with Crippen molar-refractivity contribution in [2.24, 2.45) is 0 Å². The minimum absolute atomic E-state index is 0.328. The summed E-state index contributed by atoms with van der Waals surface area (Å²) in [4.78, 5) is 11.6. The van der Waals surface area contributed by atoms with Crippen LogP contribution in [0.5, 0.6) is 5.75 Å². The Balaban J connectivity index is 2.77. The molecule has 94 valence electrons. The van der Waals surface area contributed by atoms with Crippen molar-refractivity contribution in [1.82, 2.24) is 0 Å². The number of ether oxygens (including phenoxy) is 2. The summed E-state index contributed by atoms with van der Waals surface area (Å²) in [7, 11) is 0. The van der Waals surface area contributed by atoms with E-state index in [2.05, 4.69) is 0 Å². The number of rotatable bonds is 5. The standard InChI is InChI=1S/C13H19NO3/c1-4-11(13(15)16-5-2)17-12-7-6-10(14)8-9(12)3/h6-8,11H,4-5,14H2,1-3H3. The highest BCUT2D eigenvalue weighted by Gasteiger charge is 2.20. The van der Waals surface area contributed by atoms with Gasteiger partial charge in [0.2, 0.25) is 0 Å². The zero-order chi connectivity index (χ0) is 12.8. The maximum absolute atomic E-state index is 11.6. The average molecular weight is 237 g/mol. The third kappa shape index (κ3) is 3.66. The maximum Gasteiger partial charge on any atom is 0.347 e. The molecule has 0 amide bonds. The summed E-state index contributed by atoms with van der Waals surface area (Å²) in [5.41, 5.74) is 7.24. The molecule has 0 aliphatic carbocycles. The van der Waals surface area contributed by atoms with Crippen LogP contribution in [0, 0.1) is 6.92 Å². The first-order chi connectivity index (χ1) is 8.08. The molecule has 0 bridgehead atoms. The first-order valence-electron chi connectivity index (χ1n) is 5.77. The molecule has 0 heterocycles. The van der Waals surface area contributed by atoms with E-state index in [0.29, 0.717) is 24.5 Å². The number of esters is 1. The van der Waals surface area contributed by atoms with E-state index >= 15 is 0 Å². The minimum Gasteiger partial charge on any atom is -0.478 e. The second-order valence-corrected chi connectivity index (χ2v) is 3.79. The van der Waals surface area contributed by atoms with Crippen molar-refractivity contribution in [3.8, 4) is 5.75 Å². The van der Waals surface area contributed by atoms with Crippen molar-refractivity contribution in [1.29, 1.82) is 0 Å². The number of hydrogen-bond donors (Lipinski definition) is 1. The second-order valence-electron chi connectivity index (χ2n) is 3.79. The fraction of sp³-hybridized carbons (Fsp3) is 0.462. The van der Waals surface area contributed by atoms with Gasteiger partial charge in [-0.05, 0) is 44.0 Å². The van der Waals surface area contributed by atoms with Crippen LogP contribution < -0.4 is 10.5 Å². The smallest absolute Gasteiger partial charge is 0.347 e. The fourth-order valence-electron chi connectivity index (χ4n) is 1.49. The molecule has 2 N–H and O–H groups in total. The van der Waals surface area contributed by atoms with Crippen molar-refractivity contribution >= 4 is 11.7 Å². The number of benzene rings is 1. The summed E-state index contributed by atoms with van der Waals surface area (Å²) >= 11 is 0. The Morgan fingerprint density at radius 2 is 2.12 bits per heavy atom. The highest BCUT2D eigenvalue weighted by Crippen LogP contribution is 2.22. The van der Waals surface area contributed by atoms with E-state index in [1.165, 1.54) is 0 Å². The topological polar surface area (TPSA) is 61.5 Å². The van der Waals surface area contributed by atoms with Gasteiger partial charge in [0.25, 0.3) is 0 Å². The van der Waals surface area contributed by atoms with Crippen LogP contribution in [0.25, 0.3) is 0 Å². The van der Waals surface area contributed by atoms with Crippen LogP contribution in [-0.4, -0.2) is 18.7 Å². The Morgan fingerprint density at radius 3 is 2.65 bits per heavy atom. The van der Waals surface area contributed by atoms with Gasteiger partial charge in [-0.1, -0.05) is 6.92 Å². The largest absolute Gasteiger partial charge is 0.478 e. The van der Waals surface area contributed by atoms with Crippen molar-refractivity contribution in [3.63, 3.8) is 0 Å². The van der Waals surface area contributed by atoms with Gasteiger partial charge in [-0.15, -0.1) is 0 Å². The van der Waals surface area contributed by atoms with Gasteiger partial charge in [0.05, 0.1) is 6.61 Å². The van der Waals surface area contributed by atoms with Gasteiger partial charge >= 0.3 is 5.97 Å². The maximum atomic E-state index is 11.6. The number of carbonyl (C=O) groups excluding carboxylic acids is 1. The molecule has 1 rings (SSSR count). The molecule has 4 nitrogen and oxygen atoms in total. The van der Waals surface area contributed by atoms with E-state index in [9.17, 15) is 4.79 Å². The minimum atomic E-state index is -0.558. The van der Waals surface area contributed by atoms with Crippen molar-refractivity contribution in [2.75, 3.05) is 12.3 Å². The Morgan fingerprint density at radius 1 is 1.41 bits per heavy atom. The van der Waals surface area contributed by atoms with Gasteiger partial charge in [-0.25, -0.2) is 4.79 Å². The van der Waals surface area contributed by atoms with E-state index in [1.54, 1.807) is 19.1 Å². The highest BCUT2D eigenvalue weighted by molar-refractivity contribution is 5.75. The number of anilines is 1. The van der Waals surface area contributed by atoms with E-state index in [0.717, 1.165) is 5.56 Å². The summed E-state index contributed by atoms with van der Waals surface area (Å²) in [6, 6.07) is 5.33. The number of hydrogen-bond acceptors (Lipinski definition) is 4. The Kier molecular flexibility index (Phi) is 4.82. The van der Waals surface area contributed by atoms with Crippen LogP contribution in [0.4, 0.5) is 5.69 Å². The monoisotopic (exact) mass is 237 g/mol. The van der Waals surface area contributed by atoms with E-state index < -0.39 is 6.10 Å². The van der Waals surface area contributed by atoms with Crippen LogP contribution >= 0.6 is 0 Å². The summed E-state index contributed by atoms with van der Waals surface area (Å²) in [5.74, 6) is 0.338. The SMILES string of the molecule is CCOC(=O)C(CC)Oc1ccc(N)cc1C. The number of nitrogens with two attached hydrogens (primary N) is 1. The zero-order valence-electron chi connectivity index (χ0n) is 10.5. The molecule has 0 aromatic heterocycles. The molecule has 1 atom stereocenters. The van der Waals surface area contributed by atoms with Gasteiger partial charge in [-0.2, -0.15) is 0 Å². The van der Waals surface area contributed by atoms with Gasteiger partial charge in [0, 0.05) is 5.69 Å². The van der Waals surface area contributed by atoms with Crippen LogP contribution in [-0.2, 0) is 9.53 Å². The molecule has 0 saturated carbocycles. The molecule has 0 aliphatic heterocycles. The van der Waals surface area contributed by atoms with E-state index in [-0.39, 0.29) is 5.97 Å². The van der Waals surface area contributed by atoms with Crippen LogP contribution in [0.15, 0.2) is 18.2 Å². The average Bonchev–Trinajstić information content (AvgIpc) is 2.28. The van der Waals surface area contributed by atoms with E-state index in [1.807, 2.05) is 19.9 Å². The lowest BCUT2D eigenvalue weighted by atomic mass is 10.2. The van der Waals surface area contributed by atoms with Gasteiger partial charge in [0.15, 0.2) is 6.10 Å². The molecule has 1 unspecified atom stereocenters. The van der Waals surface area contributed by atoms with Crippen LogP contribution in [0.1, 0.15) is 25.8 Å². The number of carbonyl (C=O) groups is 1. The quantitative estimate of drug-likeness (QED) is 0.630. The molecule has 0 saturated heterocycles. The number of aryl methyl sites for hydroxylation is 1. The molecule has 1 aromatic carbocycles. The predicted octanol–water partition coefficient (Wildman–Crippen LogP) is 2.30. The van der Waals surface area contributed by atoms with Crippen molar-refractivity contribution < 1.29 is 14.3 Å². The normalized spacial score (nSPS) is 11.9. The summed E-state index contributed by atoms with van der Waals surface area (Å²) < 4.78 is 10.6. The third-order valence-corrected chi connectivity index (χ3v) is 2.39. The molecular formula is C13H19NO3. The second kappa shape index (κ2) is 6.13. The molecule has 1 aromatic rings. The molecule has 4 heteroatoms. The Bertz CT molecular complexity index is 390. The molecule has 0 fully saturated rings. The molecular weight excluding hydrogens is 218 g/mol. The third-order valence-electron chi connectivity index (χ3n) is 2.39. The zero-order valence-corrected chi connectivity index (χ0v) is 10.5. The predicted molar refractivity (Wildman–Crippen MR) is 66.9 cm³/mol. The molecule has 0 radical (unpaired) electrons. The van der Waals surface area contributed by atoms with Crippen molar-refractivity contribution in [3.05, 3.63) is 23.8 Å². The summed E-state index contributed by atoms with van der Waals surface area (Å²) in [6.07, 6.45) is 0.0140. The fourth-order valence-corrected chi connectivity index (χ4v) is 1.49. The van der Waals surface area contributed by atoms with Crippen molar-refractivity contribution in [2.45, 2.75) is 33.3 Å². The van der Waals surface area contributed by atoms with Gasteiger partial charge in [0.1, 0.15) is 5.75 Å². The summed E-state index contributed by atoms with van der Waals surface area (Å²) in [5, 5.41) is 0. The highest BCUT2D eigenvalue weighted by atomic mass is 16.6. The van der Waals surface area contributed by atoms with Crippen LogP contribution in [0.3, 0.4) is 0 Å². The lowest BCUT2D eigenvalue weighted by Gasteiger charge is -2.17. The Labute approximate surface area is 102 Å². The van der Waals surface area contributed by atoms with Crippen LogP contribution in [0.2, 0.25) is 0 Å². The first-order valence-corrected chi connectivity index (χ1v) is 5.77. The van der Waals surface area contributed by atoms with E-state index in [4.69, 9.17) is 15.2 Å². The van der Waals surface area contributed by atoms with Gasteiger partial charge in [-0.3, -0.25) is 0 Å². The summed E-state index contributed by atoms with van der Waals surface area (Å²) in [6.45, 7) is 5.91. The first kappa shape index (κ1) is 13.4. The lowest BCUT2D eigenvalue weighted by Crippen LogP contribution is -2.28. The number of nitrogen functional groups attached to an aromatic ring is 1. The molecule has 0 aliphatic rings. The lowest BCUT2D eigenvalue weighted by molar-refractivity contribution is -0.151. The van der Waals surface area contributed by atoms with Gasteiger partial charge < -0.3 is 15.2 Å².